The number of fused-ring (bicyclic) bond motifs is 9. The molecule has 0 bridgehead atoms. The first-order valence-electron chi connectivity index (χ1n) is 19.1. The molecule has 266 valence electrons. The maximum atomic E-state index is 5.49. The minimum absolute atomic E-state index is 0.647. The van der Waals surface area contributed by atoms with Crippen LogP contribution in [0, 0.1) is 0 Å². The highest BCUT2D eigenvalue weighted by Gasteiger charge is 2.20. The molecule has 0 amide bonds. The van der Waals surface area contributed by atoms with E-state index in [-0.39, 0.29) is 0 Å². The maximum Gasteiger partial charge on any atom is 0.235 e. The number of aromatic nitrogens is 3. The summed E-state index contributed by atoms with van der Waals surface area (Å²) in [6.45, 7) is 0. The fourth-order valence-electron chi connectivity index (χ4n) is 8.61. The van der Waals surface area contributed by atoms with Gasteiger partial charge in [-0.3, -0.25) is 4.57 Å². The lowest BCUT2D eigenvalue weighted by molar-refractivity contribution is 0.995. The Labute approximate surface area is 336 Å². The number of para-hydroxylation sites is 2. The minimum Gasteiger partial charge on any atom is -0.278 e. The van der Waals surface area contributed by atoms with Crippen LogP contribution < -0.4 is 0 Å². The molecular weight excluding hydrogens is 731 g/mol. The van der Waals surface area contributed by atoms with Gasteiger partial charge in [0.25, 0.3) is 0 Å². The lowest BCUT2D eigenvalue weighted by Gasteiger charge is -2.15. The molecule has 4 aromatic heterocycles. The van der Waals surface area contributed by atoms with Crippen molar-refractivity contribution in [3.63, 3.8) is 0 Å². The number of rotatable bonds is 5. The predicted molar refractivity (Wildman–Crippen MR) is 244 cm³/mol. The Bertz CT molecular complexity index is 3350. The molecule has 12 rings (SSSR count). The Balaban J connectivity index is 1.16. The van der Waals surface area contributed by atoms with Crippen LogP contribution in [0.3, 0.4) is 0 Å². The van der Waals surface area contributed by atoms with Gasteiger partial charge in [0.2, 0.25) is 5.95 Å². The van der Waals surface area contributed by atoms with Crippen LogP contribution in [-0.4, -0.2) is 14.5 Å². The van der Waals surface area contributed by atoms with E-state index in [0.717, 1.165) is 44.7 Å². The van der Waals surface area contributed by atoms with Crippen LogP contribution in [0.1, 0.15) is 0 Å². The van der Waals surface area contributed by atoms with Gasteiger partial charge in [-0.1, -0.05) is 140 Å². The molecule has 0 aliphatic heterocycles. The molecule has 12 aromatic rings. The topological polar surface area (TPSA) is 30.7 Å². The molecule has 0 unspecified atom stereocenters. The molecule has 0 radical (unpaired) electrons. The quantitative estimate of drug-likeness (QED) is 0.175. The van der Waals surface area contributed by atoms with Crippen LogP contribution in [-0.2, 0) is 0 Å². The number of thiophene rings is 2. The van der Waals surface area contributed by atoms with Crippen LogP contribution in [0.2, 0.25) is 0 Å². The van der Waals surface area contributed by atoms with Gasteiger partial charge in [-0.2, -0.15) is 0 Å². The largest absolute Gasteiger partial charge is 0.278 e. The fraction of sp³-hybridized carbons (Fsp3) is 0. The SMILES string of the molecule is c1ccc(-c2cc(-c3cc(-c4cccc5c4sc4ccccc45)cc(-c4cccc5c4sc4ccccc45)c3)nc(-n3c4ccccc4c4ccccc43)n2)cc1. The summed E-state index contributed by atoms with van der Waals surface area (Å²) in [7, 11) is 0. The summed E-state index contributed by atoms with van der Waals surface area (Å²) in [4.78, 5) is 10.8. The number of hydrogen-bond acceptors (Lipinski definition) is 4. The Morgan fingerprint density at radius 2 is 0.772 bits per heavy atom. The van der Waals surface area contributed by atoms with Crippen molar-refractivity contribution < 1.29 is 0 Å². The second-order valence-corrected chi connectivity index (χ2v) is 16.6. The van der Waals surface area contributed by atoms with E-state index in [0.29, 0.717) is 5.95 Å². The highest BCUT2D eigenvalue weighted by atomic mass is 32.1. The van der Waals surface area contributed by atoms with Gasteiger partial charge < -0.3 is 0 Å². The smallest absolute Gasteiger partial charge is 0.235 e. The van der Waals surface area contributed by atoms with E-state index in [1.54, 1.807) is 0 Å². The van der Waals surface area contributed by atoms with Crippen LogP contribution in [0.5, 0.6) is 0 Å². The molecule has 4 heterocycles. The minimum atomic E-state index is 0.647. The van der Waals surface area contributed by atoms with Gasteiger partial charge in [0.1, 0.15) is 0 Å². The standard InChI is InChI=1S/C52H31N3S2/c1-2-14-32(15-3-1)44-31-45(54-52(53-44)55-46-24-8-4-16-38(46)39-17-5-9-25-47(39)55)35-29-33(36-20-12-22-42-40-18-6-10-26-48(40)56-50(36)42)28-34(30-35)37-21-13-23-43-41-19-7-11-27-49(41)57-51(37)43/h1-31H. The van der Waals surface area contributed by atoms with Gasteiger partial charge in [-0.15, -0.1) is 22.7 Å². The zero-order chi connectivity index (χ0) is 37.5. The lowest BCUT2D eigenvalue weighted by atomic mass is 9.93. The number of nitrogens with zero attached hydrogens (tertiary/aromatic N) is 3. The van der Waals surface area contributed by atoms with Gasteiger partial charge in [0.15, 0.2) is 0 Å². The van der Waals surface area contributed by atoms with Gasteiger partial charge in [0.05, 0.1) is 22.4 Å². The van der Waals surface area contributed by atoms with Crippen LogP contribution in [0.15, 0.2) is 188 Å². The first kappa shape index (κ1) is 32.3. The summed E-state index contributed by atoms with van der Waals surface area (Å²) >= 11 is 3.74. The maximum absolute atomic E-state index is 5.49. The van der Waals surface area contributed by atoms with Gasteiger partial charge >= 0.3 is 0 Å². The van der Waals surface area contributed by atoms with E-state index < -0.39 is 0 Å². The van der Waals surface area contributed by atoms with Crippen molar-refractivity contribution in [2.24, 2.45) is 0 Å². The molecule has 0 fully saturated rings. The van der Waals surface area contributed by atoms with E-state index >= 15 is 0 Å². The molecule has 0 saturated carbocycles. The van der Waals surface area contributed by atoms with Gasteiger partial charge in [-0.05, 0) is 70.8 Å². The van der Waals surface area contributed by atoms with Crippen LogP contribution in [0.25, 0.3) is 113 Å². The Hall–Kier alpha value is -6.92. The van der Waals surface area contributed by atoms with Crippen molar-refractivity contribution in [2.75, 3.05) is 0 Å². The normalized spacial score (nSPS) is 11.9. The zero-order valence-electron chi connectivity index (χ0n) is 30.6. The summed E-state index contributed by atoms with van der Waals surface area (Å²) in [5.74, 6) is 0.647. The average molecular weight is 762 g/mol. The second kappa shape index (κ2) is 12.8. The molecule has 0 spiro atoms. The third-order valence-corrected chi connectivity index (χ3v) is 13.7. The predicted octanol–water partition coefficient (Wildman–Crippen LogP) is 15.0. The van der Waals surface area contributed by atoms with Crippen molar-refractivity contribution in [1.82, 2.24) is 14.5 Å². The first-order valence-corrected chi connectivity index (χ1v) is 20.8. The molecule has 0 aliphatic carbocycles. The molecule has 0 N–H and O–H groups in total. The monoisotopic (exact) mass is 761 g/mol. The fourth-order valence-corrected chi connectivity index (χ4v) is 11.1. The number of hydrogen-bond donors (Lipinski definition) is 0. The highest BCUT2D eigenvalue weighted by Crippen LogP contribution is 2.45. The molecule has 3 nitrogen and oxygen atoms in total. The summed E-state index contributed by atoms with van der Waals surface area (Å²) in [5, 5.41) is 7.53. The third kappa shape index (κ3) is 5.17. The van der Waals surface area contributed by atoms with Crippen molar-refractivity contribution in [1.29, 1.82) is 0 Å². The Kier molecular flexibility index (Phi) is 7.27. The van der Waals surface area contributed by atoms with Crippen LogP contribution >= 0.6 is 22.7 Å². The Morgan fingerprint density at radius 1 is 0.333 bits per heavy atom. The molecule has 0 aliphatic rings. The van der Waals surface area contributed by atoms with E-state index in [9.17, 15) is 0 Å². The van der Waals surface area contributed by atoms with Gasteiger partial charge in [-0.25, -0.2) is 9.97 Å². The molecule has 5 heteroatoms. The third-order valence-electron chi connectivity index (χ3n) is 11.2. The van der Waals surface area contributed by atoms with Crippen molar-refractivity contribution in [3.8, 4) is 50.7 Å². The summed E-state index contributed by atoms with van der Waals surface area (Å²) < 4.78 is 7.40. The zero-order valence-corrected chi connectivity index (χ0v) is 32.2. The molecule has 0 atom stereocenters. The van der Waals surface area contributed by atoms with E-state index in [2.05, 4.69) is 193 Å². The van der Waals surface area contributed by atoms with E-state index in [4.69, 9.17) is 9.97 Å². The number of benzene rings is 8. The van der Waals surface area contributed by atoms with Crippen molar-refractivity contribution in [2.45, 2.75) is 0 Å². The van der Waals surface area contributed by atoms with Gasteiger partial charge in [0, 0.05) is 62.2 Å². The van der Waals surface area contributed by atoms with Crippen LogP contribution in [0.4, 0.5) is 0 Å². The van der Waals surface area contributed by atoms with Crippen molar-refractivity contribution in [3.05, 3.63) is 188 Å². The highest BCUT2D eigenvalue weighted by molar-refractivity contribution is 7.26. The molecular formula is C52H31N3S2. The van der Waals surface area contributed by atoms with E-state index in [1.165, 1.54) is 62.2 Å². The van der Waals surface area contributed by atoms with E-state index in [1.807, 2.05) is 22.7 Å². The molecule has 0 saturated heterocycles. The first-order chi connectivity index (χ1) is 28.2. The molecule has 8 aromatic carbocycles. The average Bonchev–Trinajstić information content (AvgIpc) is 3.96. The van der Waals surface area contributed by atoms with Crippen molar-refractivity contribution >= 4 is 84.8 Å². The summed E-state index contributed by atoms with van der Waals surface area (Å²) in [5.41, 5.74) is 10.8. The Morgan fingerprint density at radius 3 is 1.33 bits per heavy atom. The summed E-state index contributed by atoms with van der Waals surface area (Å²) in [6, 6.07) is 67.8. The molecule has 57 heavy (non-hydrogen) atoms. The second-order valence-electron chi connectivity index (χ2n) is 14.5. The lowest BCUT2D eigenvalue weighted by Crippen LogP contribution is -2.04. The summed E-state index contributed by atoms with van der Waals surface area (Å²) in [6.07, 6.45) is 0.